The number of hydrogen-bond acceptors (Lipinski definition) is 7. The third kappa shape index (κ3) is 3.56. The number of hydrogen-bond donors (Lipinski definition) is 2. The van der Waals surface area contributed by atoms with E-state index in [1.807, 2.05) is 6.92 Å². The maximum atomic E-state index is 12.2. The minimum atomic E-state index is -0.423. The summed E-state index contributed by atoms with van der Waals surface area (Å²) in [5.41, 5.74) is 0.980. The summed E-state index contributed by atoms with van der Waals surface area (Å²) in [7, 11) is 1.72. The molecule has 1 aliphatic rings. The van der Waals surface area contributed by atoms with E-state index >= 15 is 0 Å². The molecule has 0 spiro atoms. The van der Waals surface area contributed by atoms with Gasteiger partial charge in [-0.1, -0.05) is 18.7 Å². The van der Waals surface area contributed by atoms with Crippen LogP contribution in [0.4, 0.5) is 4.79 Å². The first-order chi connectivity index (χ1) is 10.6. The van der Waals surface area contributed by atoms with Gasteiger partial charge >= 0.3 is 12.0 Å². The Kier molecular flexibility index (Phi) is 5.36. The first-order valence-corrected chi connectivity index (χ1v) is 7.88. The zero-order chi connectivity index (χ0) is 16.1. The quantitative estimate of drug-likeness (QED) is 0.568. The lowest BCUT2D eigenvalue weighted by Crippen LogP contribution is -2.50. The van der Waals surface area contributed by atoms with Gasteiger partial charge in [-0.3, -0.25) is 0 Å². The summed E-state index contributed by atoms with van der Waals surface area (Å²) in [5.74, 6) is -0.0553. The molecule has 10 heteroatoms. The smallest absolute Gasteiger partial charge is 0.337 e. The second-order valence-electron chi connectivity index (χ2n) is 4.55. The number of aromatic nitrogens is 4. The number of ether oxygens (including phenoxy) is 1. The van der Waals surface area contributed by atoms with Crippen LogP contribution in [0.5, 0.6) is 0 Å². The van der Waals surface area contributed by atoms with Crippen molar-refractivity contribution in [1.82, 2.24) is 30.8 Å². The van der Waals surface area contributed by atoms with Crippen molar-refractivity contribution in [2.75, 3.05) is 12.4 Å². The van der Waals surface area contributed by atoms with Crippen molar-refractivity contribution >= 4 is 23.8 Å². The largest absolute Gasteiger partial charge is 0.463 e. The average molecular weight is 326 g/mol. The van der Waals surface area contributed by atoms with Gasteiger partial charge < -0.3 is 15.4 Å². The molecule has 0 unspecified atom stereocenters. The van der Waals surface area contributed by atoms with Crippen LogP contribution in [0.1, 0.15) is 20.3 Å². The van der Waals surface area contributed by atoms with Crippen LogP contribution in [-0.2, 0) is 16.6 Å². The summed E-state index contributed by atoms with van der Waals surface area (Å²) in [4.78, 5) is 23.9. The number of amides is 2. The molecule has 22 heavy (non-hydrogen) atoms. The van der Waals surface area contributed by atoms with Crippen molar-refractivity contribution < 1.29 is 14.3 Å². The average Bonchev–Trinajstić information content (AvgIpc) is 2.89. The molecular weight excluding hydrogens is 308 g/mol. The Labute approximate surface area is 131 Å². The van der Waals surface area contributed by atoms with Gasteiger partial charge in [0.2, 0.25) is 5.16 Å². The number of carbonyl (C=O) groups is 2. The molecule has 9 nitrogen and oxygen atoms in total. The van der Waals surface area contributed by atoms with Gasteiger partial charge in [0.15, 0.2) is 0 Å². The van der Waals surface area contributed by atoms with Crippen LogP contribution in [0, 0.1) is 0 Å². The molecule has 2 N–H and O–H groups in total. The second kappa shape index (κ2) is 7.25. The Morgan fingerprint density at radius 2 is 2.23 bits per heavy atom. The fourth-order valence-corrected chi connectivity index (χ4v) is 2.87. The minimum absolute atomic E-state index is 0.278. The first-order valence-electron chi connectivity index (χ1n) is 6.89. The molecule has 2 heterocycles. The fraction of sp³-hybridized carbons (Fsp3) is 0.583. The molecule has 2 amide bonds. The van der Waals surface area contributed by atoms with Crippen molar-refractivity contribution in [3.63, 3.8) is 0 Å². The van der Waals surface area contributed by atoms with Crippen LogP contribution in [0.15, 0.2) is 16.4 Å². The summed E-state index contributed by atoms with van der Waals surface area (Å²) in [5, 5.41) is 17.2. The Morgan fingerprint density at radius 3 is 2.82 bits per heavy atom. The fourth-order valence-electron chi connectivity index (χ4n) is 2.06. The summed E-state index contributed by atoms with van der Waals surface area (Å²) in [6, 6.07) is -0.687. The zero-order valence-electron chi connectivity index (χ0n) is 12.6. The van der Waals surface area contributed by atoms with E-state index in [-0.39, 0.29) is 18.7 Å². The summed E-state index contributed by atoms with van der Waals surface area (Å²) in [6.45, 7) is 3.92. The van der Waals surface area contributed by atoms with E-state index in [2.05, 4.69) is 26.2 Å². The highest BCUT2D eigenvalue weighted by atomic mass is 32.2. The molecule has 1 aromatic rings. The number of esters is 1. The minimum Gasteiger partial charge on any atom is -0.463 e. The number of tetrazole rings is 1. The highest BCUT2D eigenvalue weighted by Gasteiger charge is 2.31. The van der Waals surface area contributed by atoms with Gasteiger partial charge in [0.1, 0.15) is 0 Å². The summed E-state index contributed by atoms with van der Waals surface area (Å²) in [6.07, 6.45) is 0.598. The molecule has 0 radical (unpaired) electrons. The van der Waals surface area contributed by atoms with Crippen LogP contribution >= 0.6 is 11.8 Å². The van der Waals surface area contributed by atoms with Gasteiger partial charge in [-0.25, -0.2) is 14.3 Å². The van der Waals surface area contributed by atoms with Crippen molar-refractivity contribution in [2.45, 2.75) is 31.5 Å². The molecule has 0 aromatic carbocycles. The van der Waals surface area contributed by atoms with E-state index in [1.165, 1.54) is 16.4 Å². The summed E-state index contributed by atoms with van der Waals surface area (Å²) < 4.78 is 6.62. The third-order valence-corrected chi connectivity index (χ3v) is 4.11. The van der Waals surface area contributed by atoms with E-state index in [1.54, 1.807) is 14.0 Å². The number of thioether (sulfide) groups is 1. The van der Waals surface area contributed by atoms with Crippen LogP contribution in [0.3, 0.4) is 0 Å². The zero-order valence-corrected chi connectivity index (χ0v) is 13.4. The molecule has 0 aliphatic carbocycles. The predicted octanol–water partition coefficient (Wildman–Crippen LogP) is 0.211. The monoisotopic (exact) mass is 326 g/mol. The van der Waals surface area contributed by atoms with Crippen molar-refractivity contribution in [3.05, 3.63) is 11.3 Å². The van der Waals surface area contributed by atoms with Gasteiger partial charge in [0.25, 0.3) is 0 Å². The number of aryl methyl sites for hydroxylation is 1. The molecule has 1 atom stereocenters. The van der Waals surface area contributed by atoms with Gasteiger partial charge in [-0.2, -0.15) is 0 Å². The molecule has 0 saturated heterocycles. The molecule has 0 fully saturated rings. The van der Waals surface area contributed by atoms with E-state index in [0.29, 0.717) is 28.6 Å². The first kappa shape index (κ1) is 16.3. The number of carbonyl (C=O) groups excluding carboxylic acids is 2. The Bertz CT molecular complexity index is 599. The second-order valence-corrected chi connectivity index (χ2v) is 5.49. The van der Waals surface area contributed by atoms with Crippen LogP contribution in [0.25, 0.3) is 0 Å². The maximum absolute atomic E-state index is 12.2. The third-order valence-electron chi connectivity index (χ3n) is 3.07. The Balaban J connectivity index is 2.24. The molecule has 2 rings (SSSR count). The SMILES string of the molecule is CCOC(=O)C1=C(CSc2nnnn2C)NC(=O)N[C@H]1CC. The molecule has 1 aliphatic heterocycles. The van der Waals surface area contributed by atoms with Crippen molar-refractivity contribution in [3.8, 4) is 0 Å². The number of nitrogens with one attached hydrogen (secondary N) is 2. The van der Waals surface area contributed by atoms with Gasteiger partial charge in [0, 0.05) is 18.5 Å². The van der Waals surface area contributed by atoms with Crippen LogP contribution in [0.2, 0.25) is 0 Å². The van der Waals surface area contributed by atoms with E-state index < -0.39 is 5.97 Å². The van der Waals surface area contributed by atoms with Gasteiger partial charge in [0.05, 0.1) is 18.2 Å². The molecule has 1 aromatic heterocycles. The topological polar surface area (TPSA) is 111 Å². The van der Waals surface area contributed by atoms with Crippen molar-refractivity contribution in [1.29, 1.82) is 0 Å². The number of rotatable bonds is 6. The molecule has 0 saturated carbocycles. The van der Waals surface area contributed by atoms with E-state index in [0.717, 1.165) is 0 Å². The normalized spacial score (nSPS) is 18.0. The van der Waals surface area contributed by atoms with E-state index in [9.17, 15) is 9.59 Å². The van der Waals surface area contributed by atoms with Crippen molar-refractivity contribution in [2.24, 2.45) is 7.05 Å². The lowest BCUT2D eigenvalue weighted by atomic mass is 10.0. The molecule has 120 valence electrons. The highest BCUT2D eigenvalue weighted by molar-refractivity contribution is 7.99. The Morgan fingerprint density at radius 1 is 1.45 bits per heavy atom. The van der Waals surface area contributed by atoms with Gasteiger partial charge in [-0.15, -0.1) is 5.10 Å². The lowest BCUT2D eigenvalue weighted by molar-refractivity contribution is -0.139. The van der Waals surface area contributed by atoms with Gasteiger partial charge in [-0.05, 0) is 23.8 Å². The number of urea groups is 1. The Hall–Kier alpha value is -2.10. The van der Waals surface area contributed by atoms with Crippen LogP contribution < -0.4 is 10.6 Å². The standard InChI is InChI=1S/C12H18N6O3S/c1-4-7-9(10(19)21-5-2)8(14-11(20)13-7)6-22-12-15-16-17-18(12)3/h7H,4-6H2,1-3H3,(H2,13,14,20)/t7-/m0/s1. The van der Waals surface area contributed by atoms with Crippen LogP contribution in [-0.4, -0.2) is 50.6 Å². The molecular formula is C12H18N6O3S. The predicted molar refractivity (Wildman–Crippen MR) is 78.9 cm³/mol. The maximum Gasteiger partial charge on any atom is 0.337 e. The lowest BCUT2D eigenvalue weighted by Gasteiger charge is -2.28. The molecule has 0 bridgehead atoms. The number of nitrogens with zero attached hydrogens (tertiary/aromatic N) is 4. The summed E-state index contributed by atoms with van der Waals surface area (Å²) >= 11 is 1.33. The highest BCUT2D eigenvalue weighted by Crippen LogP contribution is 2.22. The van der Waals surface area contributed by atoms with E-state index in [4.69, 9.17) is 4.74 Å².